The van der Waals surface area contributed by atoms with Crippen LogP contribution in [0.3, 0.4) is 0 Å². The van der Waals surface area contributed by atoms with Gasteiger partial charge >= 0.3 is 10.8 Å². The lowest BCUT2D eigenvalue weighted by molar-refractivity contribution is -0.149. The van der Waals surface area contributed by atoms with E-state index in [0.29, 0.717) is 32.0 Å². The van der Waals surface area contributed by atoms with Crippen LogP contribution in [0, 0.1) is 5.92 Å². The highest BCUT2D eigenvalue weighted by atomic mass is 35.5. The summed E-state index contributed by atoms with van der Waals surface area (Å²) >= 11 is 8.11. The van der Waals surface area contributed by atoms with Crippen molar-refractivity contribution in [2.24, 2.45) is 5.92 Å². The predicted molar refractivity (Wildman–Crippen MR) is 133 cm³/mol. The zero-order valence-corrected chi connectivity index (χ0v) is 21.1. The first-order valence-electron chi connectivity index (χ1n) is 10.8. The van der Waals surface area contributed by atoms with E-state index in [1.54, 1.807) is 30.3 Å². The van der Waals surface area contributed by atoms with E-state index in [1.165, 1.54) is 7.11 Å². The number of hydrogen-bond acceptors (Lipinski definition) is 8. The molecule has 2 aromatic carbocycles. The Hall–Kier alpha value is -3.28. The molecule has 0 saturated carbocycles. The zero-order valence-electron chi connectivity index (χ0n) is 18.7. The Morgan fingerprint density at radius 2 is 1.94 bits per heavy atom. The first kappa shape index (κ1) is 24.4. The van der Waals surface area contributed by atoms with Gasteiger partial charge in [0.05, 0.1) is 18.1 Å². The lowest BCUT2D eigenvalue weighted by atomic mass is 9.83. The average molecular weight is 547 g/mol. The number of nitrogens with one attached hydrogen (secondary N) is 1. The predicted octanol–water partition coefficient (Wildman–Crippen LogP) is 3.35. The van der Waals surface area contributed by atoms with E-state index in [1.807, 2.05) is 12.1 Å². The van der Waals surface area contributed by atoms with Crippen LogP contribution in [0.15, 0.2) is 52.3 Å². The van der Waals surface area contributed by atoms with Crippen LogP contribution in [-0.4, -0.2) is 51.7 Å². The minimum Gasteiger partial charge on any atom is -0.493 e. The number of rotatable bonds is 7. The molecule has 9 nitrogen and oxygen atoms in total. The first-order chi connectivity index (χ1) is 17.3. The maximum Gasteiger partial charge on any atom is 0.323 e. The van der Waals surface area contributed by atoms with Crippen molar-refractivity contribution >= 4 is 52.5 Å². The summed E-state index contributed by atoms with van der Waals surface area (Å²) < 4.78 is 11.5. The molecule has 1 saturated heterocycles. The van der Waals surface area contributed by atoms with Crippen molar-refractivity contribution in [2.75, 3.05) is 13.7 Å². The molecule has 0 aliphatic carbocycles. The fourth-order valence-corrected chi connectivity index (χ4v) is 7.26. The molecule has 3 atom stereocenters. The van der Waals surface area contributed by atoms with Gasteiger partial charge < -0.3 is 19.6 Å². The van der Waals surface area contributed by atoms with Crippen molar-refractivity contribution in [1.82, 2.24) is 9.88 Å². The van der Waals surface area contributed by atoms with E-state index in [-0.39, 0.29) is 11.5 Å². The second-order valence-electron chi connectivity index (χ2n) is 8.24. The van der Waals surface area contributed by atoms with Crippen molar-refractivity contribution in [3.8, 4) is 11.5 Å². The third-order valence-electron chi connectivity index (χ3n) is 6.04. The summed E-state index contributed by atoms with van der Waals surface area (Å²) in [5, 5.41) is 9.47. The van der Waals surface area contributed by atoms with Crippen LogP contribution in [0.1, 0.15) is 21.9 Å². The minimum atomic E-state index is -1.28. The quantitative estimate of drug-likeness (QED) is 0.432. The van der Waals surface area contributed by atoms with Crippen molar-refractivity contribution in [2.45, 2.75) is 22.8 Å². The van der Waals surface area contributed by atoms with Gasteiger partial charge in [0, 0.05) is 15.8 Å². The molecule has 0 bridgehead atoms. The van der Waals surface area contributed by atoms with Gasteiger partial charge in [0.15, 0.2) is 11.5 Å². The number of carboxylic acids is 1. The molecule has 5 rings (SSSR count). The van der Waals surface area contributed by atoms with Gasteiger partial charge in [-0.05, 0) is 35.4 Å². The van der Waals surface area contributed by atoms with Gasteiger partial charge in [-0.25, -0.2) is 0 Å². The molecule has 12 heteroatoms. The Morgan fingerprint density at radius 3 is 2.67 bits per heavy atom. The number of carboxylic acid groups (broad SMARTS) is 1. The largest absolute Gasteiger partial charge is 0.493 e. The standard InChI is InChI=1S/C24H19ClN2O7S2/c1-33-15-8-12(5-6-14(15)34-10-11-3-2-4-13(25)7-11)17-18-20(35-21-19(17)36-24(32)26-21)23(31)27(22(18)30)9-16(28)29/h2-8,17-18,20H,9-10H2,1H3,(H,26,32)(H,28,29)/t17-,18+,20-/m0/s1. The van der Waals surface area contributed by atoms with Gasteiger partial charge in [-0.3, -0.25) is 24.1 Å². The number of imide groups is 1. The molecule has 186 valence electrons. The average Bonchev–Trinajstić information content (AvgIpc) is 3.33. The van der Waals surface area contributed by atoms with Crippen molar-refractivity contribution in [3.05, 3.63) is 73.2 Å². The fraction of sp³-hybridized carbons (Fsp3) is 0.250. The van der Waals surface area contributed by atoms with Crippen LogP contribution < -0.4 is 14.3 Å². The van der Waals surface area contributed by atoms with Crippen LogP contribution in [0.25, 0.3) is 0 Å². The van der Waals surface area contributed by atoms with Crippen LogP contribution >= 0.6 is 34.7 Å². The number of aromatic amines is 1. The van der Waals surface area contributed by atoms with Gasteiger partial charge in [-0.2, -0.15) is 0 Å². The van der Waals surface area contributed by atoms with Gasteiger partial charge in [0.25, 0.3) is 0 Å². The number of benzene rings is 2. The Kier molecular flexibility index (Phi) is 6.54. The van der Waals surface area contributed by atoms with E-state index < -0.39 is 41.4 Å². The van der Waals surface area contributed by atoms with Gasteiger partial charge in [-0.15, -0.1) is 0 Å². The van der Waals surface area contributed by atoms with Crippen LogP contribution in [-0.2, 0) is 21.0 Å². The summed E-state index contributed by atoms with van der Waals surface area (Å²) in [5.41, 5.74) is 1.52. The summed E-state index contributed by atoms with van der Waals surface area (Å²) in [6.45, 7) is -0.455. The fourth-order valence-electron chi connectivity index (χ4n) is 4.51. The van der Waals surface area contributed by atoms with Crippen molar-refractivity contribution in [1.29, 1.82) is 0 Å². The van der Waals surface area contributed by atoms with Gasteiger partial charge in [0.2, 0.25) is 11.8 Å². The smallest absolute Gasteiger partial charge is 0.323 e. The Balaban J connectivity index is 1.51. The lowest BCUT2D eigenvalue weighted by Crippen LogP contribution is -2.36. The molecule has 2 N–H and O–H groups in total. The zero-order chi connectivity index (χ0) is 25.6. The summed E-state index contributed by atoms with van der Waals surface area (Å²) in [7, 11) is 1.49. The number of methoxy groups -OCH3 is 1. The molecule has 3 heterocycles. The van der Waals surface area contributed by atoms with Crippen molar-refractivity contribution in [3.63, 3.8) is 0 Å². The van der Waals surface area contributed by atoms with Crippen LogP contribution in [0.4, 0.5) is 0 Å². The highest BCUT2D eigenvalue weighted by Crippen LogP contribution is 2.53. The molecule has 1 fully saturated rings. The van der Waals surface area contributed by atoms with Gasteiger partial charge in [0.1, 0.15) is 18.4 Å². The summed E-state index contributed by atoms with van der Waals surface area (Å²) in [6, 6.07) is 12.5. The summed E-state index contributed by atoms with van der Waals surface area (Å²) in [6.07, 6.45) is 0. The molecule has 36 heavy (non-hydrogen) atoms. The molecule has 2 amide bonds. The number of ether oxygens (including phenoxy) is 2. The number of likely N-dealkylation sites (tertiary alicyclic amines) is 1. The summed E-state index contributed by atoms with van der Waals surface area (Å²) in [4.78, 5) is 53.6. The highest BCUT2D eigenvalue weighted by molar-refractivity contribution is 8.00. The lowest BCUT2D eigenvalue weighted by Gasteiger charge is -2.30. The number of hydrogen-bond donors (Lipinski definition) is 2. The number of fused-ring (bicyclic) bond motifs is 2. The van der Waals surface area contributed by atoms with E-state index in [2.05, 4.69) is 4.98 Å². The monoisotopic (exact) mass is 546 g/mol. The Labute approximate surface area is 218 Å². The number of nitrogens with zero attached hydrogens (tertiary/aromatic N) is 1. The van der Waals surface area contributed by atoms with Crippen LogP contribution in [0.5, 0.6) is 11.5 Å². The number of halogens is 1. The first-order valence-corrected chi connectivity index (χ1v) is 12.9. The molecule has 0 unspecified atom stereocenters. The number of carbonyl (C=O) groups excluding carboxylic acids is 2. The summed E-state index contributed by atoms with van der Waals surface area (Å²) in [5.74, 6) is -3.04. The van der Waals surface area contributed by atoms with Crippen LogP contribution in [0.2, 0.25) is 5.02 Å². The van der Waals surface area contributed by atoms with E-state index in [4.69, 9.17) is 21.1 Å². The number of thioether (sulfide) groups is 1. The number of carbonyl (C=O) groups is 3. The topological polar surface area (TPSA) is 126 Å². The van der Waals surface area contributed by atoms with Gasteiger partial charge in [-0.1, -0.05) is 52.9 Å². The molecular formula is C24H19ClN2O7S2. The SMILES string of the molecule is COc1cc([C@@H]2c3sc(=O)[nH]c3S[C@@H]3C(=O)N(CC(=O)O)C(=O)[C@H]23)ccc1OCc1cccc(Cl)c1. The maximum atomic E-state index is 13.3. The maximum absolute atomic E-state index is 13.3. The Morgan fingerprint density at radius 1 is 1.14 bits per heavy atom. The number of aliphatic carboxylic acids is 1. The number of aromatic nitrogens is 1. The highest BCUT2D eigenvalue weighted by Gasteiger charge is 2.56. The van der Waals surface area contributed by atoms with E-state index in [0.717, 1.165) is 33.6 Å². The number of H-pyrrole nitrogens is 1. The Bertz CT molecular complexity index is 1440. The second-order valence-corrected chi connectivity index (χ2v) is 10.8. The molecule has 2 aliphatic heterocycles. The van der Waals surface area contributed by atoms with E-state index >= 15 is 0 Å². The molecule has 0 radical (unpaired) electrons. The molecule has 2 aliphatic rings. The normalized spacial score (nSPS) is 20.7. The third-order valence-corrected chi connectivity index (χ3v) is 8.67. The second kappa shape index (κ2) is 9.64. The number of thiazole rings is 1. The molecule has 0 spiro atoms. The molecule has 3 aromatic rings. The third kappa shape index (κ3) is 4.38. The minimum absolute atomic E-state index is 0.252. The van der Waals surface area contributed by atoms with Crippen molar-refractivity contribution < 1.29 is 29.0 Å². The molecule has 1 aromatic heterocycles. The van der Waals surface area contributed by atoms with E-state index in [9.17, 15) is 24.3 Å². The molecular weight excluding hydrogens is 528 g/mol. The number of amides is 2.